The first-order chi connectivity index (χ1) is 12.4. The molecule has 0 aliphatic carbocycles. The van der Waals surface area contributed by atoms with Gasteiger partial charge in [-0.2, -0.15) is 4.98 Å². The highest BCUT2D eigenvalue weighted by Gasteiger charge is 2.17. The van der Waals surface area contributed by atoms with Gasteiger partial charge in [0.05, 0.1) is 17.9 Å². The van der Waals surface area contributed by atoms with Crippen LogP contribution in [0, 0.1) is 6.92 Å². The number of aromatic nitrogens is 5. The molecule has 0 aliphatic rings. The molecule has 8 nitrogen and oxygen atoms in total. The van der Waals surface area contributed by atoms with Gasteiger partial charge in [-0.3, -0.25) is 19.5 Å². The molecule has 0 spiro atoms. The Morgan fingerprint density at radius 1 is 1.31 bits per heavy atom. The van der Waals surface area contributed by atoms with E-state index in [-0.39, 0.29) is 22.7 Å². The first kappa shape index (κ1) is 18.6. The van der Waals surface area contributed by atoms with Crippen molar-refractivity contribution < 1.29 is 0 Å². The quantitative estimate of drug-likeness (QED) is 0.504. The third-order valence-electron chi connectivity index (χ3n) is 3.77. The summed E-state index contributed by atoms with van der Waals surface area (Å²) >= 11 is 7.09. The molecule has 136 valence electrons. The van der Waals surface area contributed by atoms with Crippen molar-refractivity contribution in [2.45, 2.75) is 38.3 Å². The van der Waals surface area contributed by atoms with Crippen LogP contribution >= 0.6 is 23.5 Å². The maximum atomic E-state index is 12.9. The average Bonchev–Trinajstić information content (AvgIpc) is 2.60. The van der Waals surface area contributed by atoms with Gasteiger partial charge in [0, 0.05) is 17.1 Å². The number of hydrogen-bond donors (Lipinski definition) is 2. The molecule has 3 heterocycles. The maximum Gasteiger partial charge on any atom is 0.295 e. The summed E-state index contributed by atoms with van der Waals surface area (Å²) in [5.41, 5.74) is 2.07. The summed E-state index contributed by atoms with van der Waals surface area (Å²) in [5, 5.41) is 8.65. The van der Waals surface area contributed by atoms with Gasteiger partial charge >= 0.3 is 0 Å². The summed E-state index contributed by atoms with van der Waals surface area (Å²) < 4.78 is 1.56. The molecule has 0 saturated carbocycles. The summed E-state index contributed by atoms with van der Waals surface area (Å²) in [7, 11) is 0. The smallest absolute Gasteiger partial charge is 0.295 e. The zero-order chi connectivity index (χ0) is 18.8. The summed E-state index contributed by atoms with van der Waals surface area (Å²) in [4.78, 5) is 30.8. The lowest BCUT2D eigenvalue weighted by Crippen LogP contribution is -2.28. The third-order valence-corrected chi connectivity index (χ3v) is 4.46. The minimum atomic E-state index is -0.268. The van der Waals surface area contributed by atoms with Crippen LogP contribution in [0.1, 0.15) is 31.3 Å². The first-order valence-electron chi connectivity index (χ1n) is 7.92. The van der Waals surface area contributed by atoms with Crippen LogP contribution in [0.15, 0.2) is 28.0 Å². The SMILES string of the molecule is Cc1nc(Cl)nc2c1nc(NCc1ccc(SN)cn1)c(=O)n2C(C)C. The van der Waals surface area contributed by atoms with Gasteiger partial charge in [0.1, 0.15) is 5.52 Å². The van der Waals surface area contributed by atoms with E-state index in [9.17, 15) is 4.79 Å². The molecule has 0 radical (unpaired) electrons. The number of rotatable bonds is 5. The second-order valence-corrected chi connectivity index (χ2v) is 6.98. The highest BCUT2D eigenvalue weighted by molar-refractivity contribution is 7.97. The number of pyridine rings is 1. The van der Waals surface area contributed by atoms with E-state index in [1.807, 2.05) is 26.0 Å². The van der Waals surface area contributed by atoms with E-state index in [0.29, 0.717) is 23.4 Å². The molecule has 0 unspecified atom stereocenters. The zero-order valence-corrected chi connectivity index (χ0v) is 16.1. The van der Waals surface area contributed by atoms with Crippen molar-refractivity contribution in [1.29, 1.82) is 0 Å². The zero-order valence-electron chi connectivity index (χ0n) is 14.5. The molecule has 26 heavy (non-hydrogen) atoms. The molecule has 3 N–H and O–H groups in total. The molecule has 0 amide bonds. The molecule has 3 aromatic heterocycles. The van der Waals surface area contributed by atoms with Crippen molar-refractivity contribution >= 4 is 40.5 Å². The van der Waals surface area contributed by atoms with Crippen LogP contribution in [0.5, 0.6) is 0 Å². The van der Waals surface area contributed by atoms with E-state index < -0.39 is 0 Å². The van der Waals surface area contributed by atoms with Crippen LogP contribution in [0.2, 0.25) is 5.28 Å². The maximum absolute atomic E-state index is 12.9. The van der Waals surface area contributed by atoms with Crippen molar-refractivity contribution in [1.82, 2.24) is 24.5 Å². The molecular formula is C16H18ClN7OS. The predicted molar refractivity (Wildman–Crippen MR) is 103 cm³/mol. The molecule has 10 heteroatoms. The molecule has 3 rings (SSSR count). The van der Waals surface area contributed by atoms with Crippen LogP contribution < -0.4 is 16.0 Å². The number of anilines is 1. The number of nitrogens with two attached hydrogens (primary N) is 1. The second-order valence-electron chi connectivity index (χ2n) is 5.94. The number of nitrogens with one attached hydrogen (secondary N) is 1. The Bertz CT molecular complexity index is 1000. The summed E-state index contributed by atoms with van der Waals surface area (Å²) in [6, 6.07) is 3.60. The van der Waals surface area contributed by atoms with E-state index in [1.165, 1.54) is 0 Å². The topological polar surface area (TPSA) is 112 Å². The lowest BCUT2D eigenvalue weighted by molar-refractivity contribution is 0.592. The lowest BCUT2D eigenvalue weighted by atomic mass is 10.3. The Labute approximate surface area is 159 Å². The van der Waals surface area contributed by atoms with E-state index in [4.69, 9.17) is 16.7 Å². The van der Waals surface area contributed by atoms with Crippen molar-refractivity contribution in [2.75, 3.05) is 5.32 Å². The molecule has 0 bridgehead atoms. The molecule has 0 aliphatic heterocycles. The number of fused-ring (bicyclic) bond motifs is 1. The van der Waals surface area contributed by atoms with Crippen molar-refractivity contribution in [3.8, 4) is 0 Å². The van der Waals surface area contributed by atoms with Crippen molar-refractivity contribution in [3.63, 3.8) is 0 Å². The number of aryl methyl sites for hydroxylation is 1. The standard InChI is InChI=1S/C16H18ClN7OS/c1-8(2)24-14-12(9(3)21-16(17)23-14)22-13(15(24)25)20-6-10-4-5-11(26-18)7-19-10/h4-5,7-8H,6,18H2,1-3H3,(H,20,22). The highest BCUT2D eigenvalue weighted by atomic mass is 35.5. The Balaban J connectivity index is 2.02. The minimum absolute atomic E-state index is 0.0911. The van der Waals surface area contributed by atoms with Gasteiger partial charge in [-0.15, -0.1) is 0 Å². The Hall–Kier alpha value is -2.23. The average molecular weight is 392 g/mol. The lowest BCUT2D eigenvalue weighted by Gasteiger charge is -2.16. The molecule has 3 aromatic rings. The van der Waals surface area contributed by atoms with Crippen LogP contribution in [0.4, 0.5) is 5.82 Å². The normalized spacial score (nSPS) is 11.3. The highest BCUT2D eigenvalue weighted by Crippen LogP contribution is 2.19. The number of halogens is 1. The van der Waals surface area contributed by atoms with Gasteiger partial charge in [-0.25, -0.2) is 9.97 Å². The summed E-state index contributed by atoms with van der Waals surface area (Å²) in [6.45, 7) is 5.95. The number of hydrogen-bond acceptors (Lipinski definition) is 8. The van der Waals surface area contributed by atoms with Gasteiger partial charge in [-0.05, 0) is 56.5 Å². The molecule has 0 atom stereocenters. The van der Waals surface area contributed by atoms with Crippen LogP contribution in [-0.2, 0) is 6.54 Å². The predicted octanol–water partition coefficient (Wildman–Crippen LogP) is 2.70. The second kappa shape index (κ2) is 7.56. The fourth-order valence-corrected chi connectivity index (χ4v) is 3.01. The van der Waals surface area contributed by atoms with Gasteiger partial charge in [0.15, 0.2) is 11.5 Å². The Morgan fingerprint density at radius 3 is 2.69 bits per heavy atom. The van der Waals surface area contributed by atoms with Gasteiger partial charge in [-0.1, -0.05) is 0 Å². The minimum Gasteiger partial charge on any atom is -0.360 e. The molecule has 0 aromatic carbocycles. The van der Waals surface area contributed by atoms with E-state index in [1.54, 1.807) is 17.7 Å². The Morgan fingerprint density at radius 2 is 2.08 bits per heavy atom. The van der Waals surface area contributed by atoms with E-state index in [2.05, 4.69) is 25.3 Å². The van der Waals surface area contributed by atoms with Crippen LogP contribution in [-0.4, -0.2) is 24.5 Å². The van der Waals surface area contributed by atoms with E-state index >= 15 is 0 Å². The van der Waals surface area contributed by atoms with Gasteiger partial charge in [0.25, 0.3) is 5.56 Å². The van der Waals surface area contributed by atoms with Gasteiger partial charge < -0.3 is 5.32 Å². The molecule has 0 fully saturated rings. The molecule has 0 saturated heterocycles. The Kier molecular flexibility index (Phi) is 5.40. The third kappa shape index (κ3) is 3.64. The summed E-state index contributed by atoms with van der Waals surface area (Å²) in [6.07, 6.45) is 1.68. The summed E-state index contributed by atoms with van der Waals surface area (Å²) in [5.74, 6) is 0.222. The van der Waals surface area contributed by atoms with Gasteiger partial charge in [0.2, 0.25) is 5.28 Å². The number of nitrogens with zero attached hydrogens (tertiary/aromatic N) is 5. The monoisotopic (exact) mass is 391 g/mol. The fraction of sp³-hybridized carbons (Fsp3) is 0.312. The largest absolute Gasteiger partial charge is 0.360 e. The first-order valence-corrected chi connectivity index (χ1v) is 9.18. The van der Waals surface area contributed by atoms with Crippen LogP contribution in [0.25, 0.3) is 11.2 Å². The fourth-order valence-electron chi connectivity index (χ4n) is 2.54. The van der Waals surface area contributed by atoms with Crippen molar-refractivity contribution in [3.05, 3.63) is 45.4 Å². The van der Waals surface area contributed by atoms with Crippen LogP contribution in [0.3, 0.4) is 0 Å². The molecular weight excluding hydrogens is 374 g/mol. The van der Waals surface area contributed by atoms with E-state index in [0.717, 1.165) is 22.5 Å². The van der Waals surface area contributed by atoms with Crippen molar-refractivity contribution in [2.24, 2.45) is 5.14 Å².